The number of halogens is 3. The van der Waals surface area contributed by atoms with Gasteiger partial charge in [-0.15, -0.1) is 0 Å². The highest BCUT2D eigenvalue weighted by molar-refractivity contribution is 6.34. The molecule has 0 saturated carbocycles. The molecule has 5 aromatic rings. The fourth-order valence-corrected chi connectivity index (χ4v) is 4.26. The van der Waals surface area contributed by atoms with Crippen LogP contribution in [0.4, 0.5) is 5.82 Å². The molecule has 0 spiro atoms. The third-order valence-corrected chi connectivity index (χ3v) is 6.19. The van der Waals surface area contributed by atoms with Gasteiger partial charge in [0.15, 0.2) is 5.65 Å². The minimum Gasteiger partial charge on any atom is -0.384 e. The smallest absolute Gasteiger partial charge is 0.257 e. The second-order valence-electron chi connectivity index (χ2n) is 7.35. The van der Waals surface area contributed by atoms with E-state index >= 15 is 0 Å². The number of hydrogen-bond acceptors (Lipinski definition) is 4. The van der Waals surface area contributed by atoms with Crippen molar-refractivity contribution in [1.82, 2.24) is 19.9 Å². The lowest BCUT2D eigenvalue weighted by Crippen LogP contribution is -2.24. The van der Waals surface area contributed by atoms with Crippen LogP contribution < -0.4 is 11.1 Å². The van der Waals surface area contributed by atoms with Crippen molar-refractivity contribution in [3.05, 3.63) is 92.9 Å². The van der Waals surface area contributed by atoms with E-state index in [0.717, 1.165) is 5.56 Å². The molecule has 3 N–H and O–H groups in total. The van der Waals surface area contributed by atoms with Crippen LogP contribution in [0, 0.1) is 0 Å². The molecule has 1 amide bonds. The SMILES string of the molecule is Nc1c(C(=O)NCc2ccccc2Cl)c2nc3ccccc3nc2n1-c1cc(Cl)ccc1Cl. The first kappa shape index (κ1) is 21.5. The van der Waals surface area contributed by atoms with Gasteiger partial charge >= 0.3 is 0 Å². The van der Waals surface area contributed by atoms with Crippen LogP contribution in [0.25, 0.3) is 27.9 Å². The monoisotopic (exact) mass is 495 g/mol. The summed E-state index contributed by atoms with van der Waals surface area (Å²) >= 11 is 18.9. The summed E-state index contributed by atoms with van der Waals surface area (Å²) in [6.07, 6.45) is 0. The Balaban J connectivity index is 1.70. The number of hydrogen-bond donors (Lipinski definition) is 2. The number of amides is 1. The Labute approximate surface area is 203 Å². The molecule has 0 aliphatic heterocycles. The number of nitrogens with two attached hydrogens (primary N) is 1. The van der Waals surface area contributed by atoms with Gasteiger partial charge in [0, 0.05) is 16.6 Å². The molecule has 3 aromatic carbocycles. The van der Waals surface area contributed by atoms with E-state index < -0.39 is 5.91 Å². The first-order valence-electron chi connectivity index (χ1n) is 9.97. The average molecular weight is 497 g/mol. The zero-order chi connectivity index (χ0) is 23.1. The fourth-order valence-electron chi connectivity index (χ4n) is 3.69. The Kier molecular flexibility index (Phi) is 5.58. The molecule has 0 radical (unpaired) electrons. The number of anilines is 1. The number of rotatable bonds is 4. The van der Waals surface area contributed by atoms with Crippen molar-refractivity contribution in [2.24, 2.45) is 0 Å². The number of carbonyl (C=O) groups excluding carboxylic acids is 1. The largest absolute Gasteiger partial charge is 0.384 e. The van der Waals surface area contributed by atoms with Crippen LogP contribution in [0.1, 0.15) is 15.9 Å². The van der Waals surface area contributed by atoms with Gasteiger partial charge in [-0.3, -0.25) is 9.36 Å². The molecule has 0 saturated heterocycles. The van der Waals surface area contributed by atoms with E-state index in [1.165, 1.54) is 0 Å². The van der Waals surface area contributed by atoms with E-state index in [0.29, 0.717) is 43.0 Å². The maximum atomic E-state index is 13.3. The lowest BCUT2D eigenvalue weighted by molar-refractivity contribution is 0.0953. The Morgan fingerprint density at radius 2 is 1.61 bits per heavy atom. The average Bonchev–Trinajstić information content (AvgIpc) is 3.09. The highest BCUT2D eigenvalue weighted by Crippen LogP contribution is 2.34. The Morgan fingerprint density at radius 1 is 0.909 bits per heavy atom. The van der Waals surface area contributed by atoms with Gasteiger partial charge < -0.3 is 11.1 Å². The number of benzene rings is 3. The van der Waals surface area contributed by atoms with Gasteiger partial charge in [-0.1, -0.05) is 65.1 Å². The molecule has 5 rings (SSSR count). The molecule has 33 heavy (non-hydrogen) atoms. The summed E-state index contributed by atoms with van der Waals surface area (Å²) in [4.78, 5) is 22.8. The molecule has 0 aliphatic carbocycles. The third kappa shape index (κ3) is 3.86. The maximum Gasteiger partial charge on any atom is 0.257 e. The number of nitrogens with one attached hydrogen (secondary N) is 1. The molecule has 164 valence electrons. The van der Waals surface area contributed by atoms with E-state index in [4.69, 9.17) is 50.5 Å². The van der Waals surface area contributed by atoms with E-state index in [1.807, 2.05) is 42.5 Å². The number of aromatic nitrogens is 3. The van der Waals surface area contributed by atoms with Crippen LogP contribution in [-0.2, 0) is 6.54 Å². The third-order valence-electron chi connectivity index (χ3n) is 5.27. The molecule has 0 aliphatic rings. The van der Waals surface area contributed by atoms with Gasteiger partial charge in [-0.25, -0.2) is 9.97 Å². The summed E-state index contributed by atoms with van der Waals surface area (Å²) in [6.45, 7) is 0.226. The second kappa shape index (κ2) is 8.56. The number of nitrogen functional groups attached to an aromatic ring is 1. The maximum absolute atomic E-state index is 13.3. The van der Waals surface area contributed by atoms with Gasteiger partial charge in [0.05, 0.1) is 21.7 Å². The van der Waals surface area contributed by atoms with Crippen LogP contribution in [-0.4, -0.2) is 20.4 Å². The van der Waals surface area contributed by atoms with Crippen molar-refractivity contribution in [2.75, 3.05) is 5.73 Å². The van der Waals surface area contributed by atoms with Gasteiger partial charge in [0.1, 0.15) is 16.9 Å². The molecule has 0 atom stereocenters. The second-order valence-corrected chi connectivity index (χ2v) is 8.60. The minimum absolute atomic E-state index is 0.154. The molecule has 0 unspecified atom stereocenters. The summed E-state index contributed by atoms with van der Waals surface area (Å²) in [5, 5.41) is 4.31. The predicted molar refractivity (Wildman–Crippen MR) is 133 cm³/mol. The molecular formula is C24H16Cl3N5O. The number of carbonyl (C=O) groups is 1. The van der Waals surface area contributed by atoms with Gasteiger partial charge in [-0.2, -0.15) is 0 Å². The minimum atomic E-state index is -0.404. The predicted octanol–water partition coefficient (Wildman–Crippen LogP) is 6.05. The quantitative estimate of drug-likeness (QED) is 0.317. The summed E-state index contributed by atoms with van der Waals surface area (Å²) in [5.74, 6) is -0.250. The summed E-state index contributed by atoms with van der Waals surface area (Å²) in [7, 11) is 0. The normalized spacial score (nSPS) is 11.2. The van der Waals surface area contributed by atoms with Crippen molar-refractivity contribution in [1.29, 1.82) is 0 Å². The van der Waals surface area contributed by atoms with Gasteiger partial charge in [0.2, 0.25) is 0 Å². The van der Waals surface area contributed by atoms with E-state index in [2.05, 4.69) is 5.32 Å². The van der Waals surface area contributed by atoms with Crippen molar-refractivity contribution in [2.45, 2.75) is 6.54 Å². The summed E-state index contributed by atoms with van der Waals surface area (Å²) in [6, 6.07) is 19.7. The Bertz CT molecular complexity index is 1550. The summed E-state index contributed by atoms with van der Waals surface area (Å²) < 4.78 is 1.60. The number of nitrogens with zero attached hydrogens (tertiary/aromatic N) is 3. The lowest BCUT2D eigenvalue weighted by Gasteiger charge is -2.11. The van der Waals surface area contributed by atoms with Gasteiger partial charge in [0.25, 0.3) is 5.91 Å². The van der Waals surface area contributed by atoms with E-state index in [-0.39, 0.29) is 17.9 Å². The number of fused-ring (bicyclic) bond motifs is 2. The zero-order valence-electron chi connectivity index (χ0n) is 17.0. The topological polar surface area (TPSA) is 85.8 Å². The highest BCUT2D eigenvalue weighted by Gasteiger charge is 2.26. The first-order valence-corrected chi connectivity index (χ1v) is 11.1. The highest BCUT2D eigenvalue weighted by atomic mass is 35.5. The molecule has 0 bridgehead atoms. The van der Waals surface area contributed by atoms with Crippen LogP contribution >= 0.6 is 34.8 Å². The lowest BCUT2D eigenvalue weighted by atomic mass is 10.2. The molecule has 9 heteroatoms. The zero-order valence-corrected chi connectivity index (χ0v) is 19.3. The van der Waals surface area contributed by atoms with Gasteiger partial charge in [-0.05, 0) is 42.0 Å². The standard InChI is InChI=1S/C24H16Cl3N5O/c25-14-9-10-16(27)19(11-14)32-22(28)20(24(33)29-12-13-5-1-2-6-15(13)26)21-23(32)31-18-8-4-3-7-17(18)30-21/h1-11H,12,28H2,(H,29,33). The fraction of sp³-hybridized carbons (Fsp3) is 0.0417. The molecule has 2 heterocycles. The Hall–Kier alpha value is -3.32. The van der Waals surface area contributed by atoms with Crippen molar-refractivity contribution >= 4 is 68.7 Å². The van der Waals surface area contributed by atoms with Crippen LogP contribution in [0.3, 0.4) is 0 Å². The van der Waals surface area contributed by atoms with Crippen molar-refractivity contribution in [3.8, 4) is 5.69 Å². The summed E-state index contributed by atoms with van der Waals surface area (Å²) in [5.41, 5.74) is 10.1. The molecule has 2 aromatic heterocycles. The van der Waals surface area contributed by atoms with Crippen molar-refractivity contribution < 1.29 is 4.79 Å². The van der Waals surface area contributed by atoms with Crippen LogP contribution in [0.2, 0.25) is 15.1 Å². The van der Waals surface area contributed by atoms with Crippen LogP contribution in [0.15, 0.2) is 66.7 Å². The van der Waals surface area contributed by atoms with E-state index in [1.54, 1.807) is 28.8 Å². The number of para-hydroxylation sites is 2. The Morgan fingerprint density at radius 3 is 2.36 bits per heavy atom. The van der Waals surface area contributed by atoms with E-state index in [9.17, 15) is 4.79 Å². The first-order chi connectivity index (χ1) is 15.9. The van der Waals surface area contributed by atoms with Crippen LogP contribution in [0.5, 0.6) is 0 Å². The molecule has 0 fully saturated rings. The molecule has 6 nitrogen and oxygen atoms in total. The van der Waals surface area contributed by atoms with Crippen molar-refractivity contribution in [3.63, 3.8) is 0 Å². The molecular weight excluding hydrogens is 481 g/mol.